The molecule has 2 rings (SSSR count). The summed E-state index contributed by atoms with van der Waals surface area (Å²) in [6.45, 7) is 4.71. The number of ether oxygens (including phenoxy) is 3. The number of nitrogens with one attached hydrogen (secondary N) is 1. The van der Waals surface area contributed by atoms with Crippen LogP contribution in [0.25, 0.3) is 0 Å². The van der Waals surface area contributed by atoms with Crippen LogP contribution in [-0.4, -0.2) is 32.3 Å². The van der Waals surface area contributed by atoms with Crippen molar-refractivity contribution in [2.75, 3.05) is 20.3 Å². The Morgan fingerprint density at radius 1 is 1.08 bits per heavy atom. The lowest BCUT2D eigenvalue weighted by molar-refractivity contribution is -0.128. The van der Waals surface area contributed by atoms with Gasteiger partial charge in [-0.15, -0.1) is 0 Å². The predicted molar refractivity (Wildman–Crippen MR) is 97.4 cm³/mol. The zero-order chi connectivity index (χ0) is 18.1. The van der Waals surface area contributed by atoms with Crippen LogP contribution in [0, 0.1) is 6.92 Å². The fraction of sp³-hybridized carbons (Fsp3) is 0.350. The van der Waals surface area contributed by atoms with Gasteiger partial charge in [-0.25, -0.2) is 0 Å². The summed E-state index contributed by atoms with van der Waals surface area (Å²) < 4.78 is 16.5. The average Bonchev–Trinajstić information content (AvgIpc) is 2.64. The Bertz CT molecular complexity index is 670. The molecule has 25 heavy (non-hydrogen) atoms. The first kappa shape index (κ1) is 18.6. The maximum absolute atomic E-state index is 12.2. The highest BCUT2D eigenvalue weighted by atomic mass is 16.5. The lowest BCUT2D eigenvalue weighted by Crippen LogP contribution is -2.39. The van der Waals surface area contributed by atoms with Gasteiger partial charge in [0, 0.05) is 6.07 Å². The van der Waals surface area contributed by atoms with Gasteiger partial charge >= 0.3 is 0 Å². The highest BCUT2D eigenvalue weighted by Gasteiger charge is 2.17. The van der Waals surface area contributed by atoms with Gasteiger partial charge in [-0.1, -0.05) is 30.7 Å². The van der Waals surface area contributed by atoms with E-state index in [-0.39, 0.29) is 5.91 Å². The molecule has 5 heteroatoms. The summed E-state index contributed by atoms with van der Waals surface area (Å²) in [6, 6.07) is 15.0. The molecule has 0 unspecified atom stereocenters. The second-order valence-corrected chi connectivity index (χ2v) is 5.65. The van der Waals surface area contributed by atoms with E-state index in [0.717, 1.165) is 11.3 Å². The quantitative estimate of drug-likeness (QED) is 0.710. The molecule has 0 saturated carbocycles. The van der Waals surface area contributed by atoms with E-state index in [1.165, 1.54) is 0 Å². The van der Waals surface area contributed by atoms with Gasteiger partial charge in [-0.2, -0.15) is 0 Å². The second-order valence-electron chi connectivity index (χ2n) is 5.65. The smallest absolute Gasteiger partial charge is 0.261 e. The fourth-order valence-corrected chi connectivity index (χ4v) is 2.25. The molecular weight excluding hydrogens is 318 g/mol. The number of rotatable bonds is 9. The number of amides is 1. The number of aryl methyl sites for hydroxylation is 1. The molecule has 0 aliphatic rings. The molecule has 1 N–H and O–H groups in total. The summed E-state index contributed by atoms with van der Waals surface area (Å²) >= 11 is 0. The molecule has 0 aromatic heterocycles. The Hall–Kier alpha value is -2.69. The van der Waals surface area contributed by atoms with Gasteiger partial charge in [0.15, 0.2) is 6.10 Å². The zero-order valence-corrected chi connectivity index (χ0v) is 15.0. The number of hydrogen-bond acceptors (Lipinski definition) is 4. The van der Waals surface area contributed by atoms with E-state index in [1.54, 1.807) is 13.2 Å². The van der Waals surface area contributed by atoms with Crippen molar-refractivity contribution in [3.05, 3.63) is 54.1 Å². The van der Waals surface area contributed by atoms with Crippen LogP contribution in [0.3, 0.4) is 0 Å². The molecule has 0 bridgehead atoms. The molecule has 0 aliphatic heterocycles. The number of methoxy groups -OCH3 is 1. The van der Waals surface area contributed by atoms with E-state index in [2.05, 4.69) is 5.32 Å². The van der Waals surface area contributed by atoms with Crippen LogP contribution in [0.5, 0.6) is 17.2 Å². The van der Waals surface area contributed by atoms with E-state index < -0.39 is 6.10 Å². The third kappa shape index (κ3) is 6.03. The SMILES string of the molecule is CC[C@H](Oc1ccc(C)cc1)C(=O)NCCOc1cccc(OC)c1. The standard InChI is InChI=1S/C20H25NO4/c1-4-19(25-16-10-8-15(2)9-11-16)20(22)21-12-13-24-18-7-5-6-17(14-18)23-3/h5-11,14,19H,4,12-13H2,1-3H3,(H,21,22)/t19-/m0/s1. The van der Waals surface area contributed by atoms with E-state index >= 15 is 0 Å². The Kier molecular flexibility index (Phi) is 7.14. The minimum Gasteiger partial charge on any atom is -0.497 e. The summed E-state index contributed by atoms with van der Waals surface area (Å²) in [6.07, 6.45) is 0.0794. The van der Waals surface area contributed by atoms with Crippen molar-refractivity contribution in [2.45, 2.75) is 26.4 Å². The minimum atomic E-state index is -0.514. The number of benzene rings is 2. The number of carbonyl (C=O) groups excluding carboxylic acids is 1. The van der Waals surface area contributed by atoms with Crippen LogP contribution in [0.15, 0.2) is 48.5 Å². The van der Waals surface area contributed by atoms with Gasteiger partial charge in [-0.3, -0.25) is 4.79 Å². The largest absolute Gasteiger partial charge is 0.497 e. The number of hydrogen-bond donors (Lipinski definition) is 1. The van der Waals surface area contributed by atoms with Crippen molar-refractivity contribution in [1.29, 1.82) is 0 Å². The predicted octanol–water partition coefficient (Wildman–Crippen LogP) is 3.36. The number of carbonyl (C=O) groups is 1. The maximum atomic E-state index is 12.2. The average molecular weight is 343 g/mol. The molecule has 0 radical (unpaired) electrons. The monoisotopic (exact) mass is 343 g/mol. The minimum absolute atomic E-state index is 0.141. The van der Waals surface area contributed by atoms with Crippen molar-refractivity contribution in [3.8, 4) is 17.2 Å². The van der Waals surface area contributed by atoms with Crippen LogP contribution in [0.4, 0.5) is 0 Å². The van der Waals surface area contributed by atoms with Crippen LogP contribution < -0.4 is 19.5 Å². The van der Waals surface area contributed by atoms with E-state index in [0.29, 0.717) is 31.1 Å². The van der Waals surface area contributed by atoms with E-state index in [9.17, 15) is 4.79 Å². The normalized spacial score (nSPS) is 11.5. The first-order valence-electron chi connectivity index (χ1n) is 8.40. The highest BCUT2D eigenvalue weighted by Crippen LogP contribution is 2.18. The van der Waals surface area contributed by atoms with E-state index in [1.807, 2.05) is 56.3 Å². The molecule has 1 atom stereocenters. The van der Waals surface area contributed by atoms with Gasteiger partial charge in [0.25, 0.3) is 5.91 Å². The Morgan fingerprint density at radius 3 is 2.48 bits per heavy atom. The fourth-order valence-electron chi connectivity index (χ4n) is 2.25. The first-order chi connectivity index (χ1) is 12.1. The molecule has 2 aromatic carbocycles. The molecule has 0 heterocycles. The summed E-state index contributed by atoms with van der Waals surface area (Å²) in [4.78, 5) is 12.2. The third-order valence-corrected chi connectivity index (χ3v) is 3.67. The summed E-state index contributed by atoms with van der Waals surface area (Å²) in [5.74, 6) is 1.99. The van der Waals surface area contributed by atoms with Crippen LogP contribution in [-0.2, 0) is 4.79 Å². The van der Waals surface area contributed by atoms with Crippen LogP contribution in [0.1, 0.15) is 18.9 Å². The van der Waals surface area contributed by atoms with Crippen molar-refractivity contribution < 1.29 is 19.0 Å². The lowest BCUT2D eigenvalue weighted by Gasteiger charge is -2.17. The summed E-state index contributed by atoms with van der Waals surface area (Å²) in [7, 11) is 1.61. The Labute approximate surface area is 148 Å². The Morgan fingerprint density at radius 2 is 1.80 bits per heavy atom. The lowest BCUT2D eigenvalue weighted by atomic mass is 10.2. The Balaban J connectivity index is 1.76. The van der Waals surface area contributed by atoms with Gasteiger partial charge in [-0.05, 0) is 37.6 Å². The van der Waals surface area contributed by atoms with Gasteiger partial charge < -0.3 is 19.5 Å². The van der Waals surface area contributed by atoms with E-state index in [4.69, 9.17) is 14.2 Å². The summed E-state index contributed by atoms with van der Waals surface area (Å²) in [5, 5.41) is 2.84. The van der Waals surface area contributed by atoms with Crippen molar-refractivity contribution in [2.24, 2.45) is 0 Å². The topological polar surface area (TPSA) is 56.8 Å². The van der Waals surface area contributed by atoms with Crippen LogP contribution >= 0.6 is 0 Å². The maximum Gasteiger partial charge on any atom is 0.261 e. The van der Waals surface area contributed by atoms with Crippen LogP contribution in [0.2, 0.25) is 0 Å². The molecule has 134 valence electrons. The van der Waals surface area contributed by atoms with Gasteiger partial charge in [0.2, 0.25) is 0 Å². The summed E-state index contributed by atoms with van der Waals surface area (Å²) in [5.41, 5.74) is 1.15. The first-order valence-corrected chi connectivity index (χ1v) is 8.40. The molecule has 2 aromatic rings. The van der Waals surface area contributed by atoms with Crippen molar-refractivity contribution in [3.63, 3.8) is 0 Å². The van der Waals surface area contributed by atoms with Gasteiger partial charge in [0.1, 0.15) is 23.9 Å². The van der Waals surface area contributed by atoms with Crippen molar-refractivity contribution in [1.82, 2.24) is 5.32 Å². The molecule has 0 saturated heterocycles. The van der Waals surface area contributed by atoms with Crippen molar-refractivity contribution >= 4 is 5.91 Å². The molecular formula is C20H25NO4. The molecule has 0 fully saturated rings. The molecule has 0 aliphatic carbocycles. The molecule has 1 amide bonds. The third-order valence-electron chi connectivity index (χ3n) is 3.67. The second kappa shape index (κ2) is 9.57. The molecule has 0 spiro atoms. The molecule has 5 nitrogen and oxygen atoms in total. The highest BCUT2D eigenvalue weighted by molar-refractivity contribution is 5.81. The zero-order valence-electron chi connectivity index (χ0n) is 15.0. The van der Waals surface area contributed by atoms with Gasteiger partial charge in [0.05, 0.1) is 13.7 Å².